The summed E-state index contributed by atoms with van der Waals surface area (Å²) in [6, 6.07) is 10.7. The number of carbonyl (C=O) groups is 1. The molecule has 0 atom stereocenters. The van der Waals surface area contributed by atoms with Gasteiger partial charge in [-0.15, -0.1) is 0 Å². The zero-order valence-electron chi connectivity index (χ0n) is 18.6. The normalized spacial score (nSPS) is 14.9. The van der Waals surface area contributed by atoms with Crippen LogP contribution in [0.25, 0.3) is 11.0 Å². The van der Waals surface area contributed by atoms with E-state index in [1.807, 2.05) is 15.6 Å². The minimum atomic E-state index is 0.0801. The molecule has 0 bridgehead atoms. The number of aromatic nitrogens is 3. The van der Waals surface area contributed by atoms with Crippen molar-refractivity contribution < 1.29 is 4.79 Å². The molecule has 2 aromatic heterocycles. The number of hydrogen-bond acceptors (Lipinski definition) is 4. The summed E-state index contributed by atoms with van der Waals surface area (Å²) in [5.74, 6) is 0.325. The Morgan fingerprint density at radius 1 is 1.03 bits per heavy atom. The van der Waals surface area contributed by atoms with Crippen LogP contribution in [0.3, 0.4) is 0 Å². The van der Waals surface area contributed by atoms with Gasteiger partial charge in [-0.25, -0.2) is 9.67 Å². The van der Waals surface area contributed by atoms with Crippen LogP contribution in [0.5, 0.6) is 0 Å². The Hall–Kier alpha value is -2.89. The SMILES string of the molecule is Cc1cccc(N2CCN(C(=O)c3cc(C(C)C)nc4c3cnn4C(C)C)CC2)c1. The standard InChI is InChI=1S/C24H31N5O/c1-16(2)22-14-20(21-15-25-29(17(3)4)23(21)26-22)24(30)28-11-9-27(10-12-28)19-8-6-7-18(5)13-19/h6-8,13-17H,9-12H2,1-5H3. The second-order valence-corrected chi connectivity index (χ2v) is 8.79. The maximum atomic E-state index is 13.5. The minimum absolute atomic E-state index is 0.0801. The molecule has 0 spiro atoms. The Kier molecular flexibility index (Phi) is 5.50. The third kappa shape index (κ3) is 3.78. The van der Waals surface area contributed by atoms with Crippen molar-refractivity contribution in [2.75, 3.05) is 31.1 Å². The summed E-state index contributed by atoms with van der Waals surface area (Å²) in [7, 11) is 0. The van der Waals surface area contributed by atoms with Crippen LogP contribution in [0.15, 0.2) is 36.5 Å². The first-order chi connectivity index (χ1) is 14.3. The highest BCUT2D eigenvalue weighted by Crippen LogP contribution is 2.26. The van der Waals surface area contributed by atoms with Gasteiger partial charge in [-0.05, 0) is 50.5 Å². The molecule has 0 N–H and O–H groups in total. The van der Waals surface area contributed by atoms with Crippen molar-refractivity contribution in [2.45, 2.75) is 46.6 Å². The van der Waals surface area contributed by atoms with E-state index in [0.29, 0.717) is 13.1 Å². The summed E-state index contributed by atoms with van der Waals surface area (Å²) >= 11 is 0. The predicted octanol–water partition coefficient (Wildman–Crippen LogP) is 4.41. The first-order valence-corrected chi connectivity index (χ1v) is 10.8. The number of nitrogens with zero attached hydrogens (tertiary/aromatic N) is 5. The summed E-state index contributed by atoms with van der Waals surface area (Å²) in [5.41, 5.74) is 4.95. The number of pyridine rings is 1. The molecule has 4 rings (SSSR count). The van der Waals surface area contributed by atoms with Gasteiger partial charge in [-0.3, -0.25) is 4.79 Å². The molecule has 1 aliphatic rings. The molecule has 3 heterocycles. The van der Waals surface area contributed by atoms with Crippen LogP contribution in [0.1, 0.15) is 61.3 Å². The van der Waals surface area contributed by atoms with Crippen LogP contribution in [0.2, 0.25) is 0 Å². The molecule has 158 valence electrons. The first-order valence-electron chi connectivity index (χ1n) is 10.8. The molecule has 1 aliphatic heterocycles. The zero-order chi connectivity index (χ0) is 21.4. The molecular formula is C24H31N5O. The number of hydrogen-bond donors (Lipinski definition) is 0. The van der Waals surface area contributed by atoms with Gasteiger partial charge in [0.15, 0.2) is 5.65 Å². The van der Waals surface area contributed by atoms with Gasteiger partial charge in [0.25, 0.3) is 5.91 Å². The van der Waals surface area contributed by atoms with Crippen LogP contribution < -0.4 is 4.90 Å². The quantitative estimate of drug-likeness (QED) is 0.645. The lowest BCUT2D eigenvalue weighted by atomic mass is 10.0. The van der Waals surface area contributed by atoms with Gasteiger partial charge in [0.2, 0.25) is 0 Å². The second-order valence-electron chi connectivity index (χ2n) is 8.79. The lowest BCUT2D eigenvalue weighted by Crippen LogP contribution is -2.48. The molecule has 1 saturated heterocycles. The number of fused-ring (bicyclic) bond motifs is 1. The van der Waals surface area contributed by atoms with Crippen molar-refractivity contribution >= 4 is 22.6 Å². The maximum Gasteiger partial charge on any atom is 0.254 e. The van der Waals surface area contributed by atoms with Crippen LogP contribution >= 0.6 is 0 Å². The number of aryl methyl sites for hydroxylation is 1. The van der Waals surface area contributed by atoms with Gasteiger partial charge >= 0.3 is 0 Å². The fourth-order valence-corrected chi connectivity index (χ4v) is 4.05. The lowest BCUT2D eigenvalue weighted by Gasteiger charge is -2.36. The molecule has 1 fully saturated rings. The first kappa shape index (κ1) is 20.4. The summed E-state index contributed by atoms with van der Waals surface area (Å²) in [5, 5.41) is 5.37. The highest BCUT2D eigenvalue weighted by atomic mass is 16.2. The molecule has 3 aromatic rings. The number of amides is 1. The number of benzene rings is 1. The monoisotopic (exact) mass is 405 g/mol. The Labute approximate surface area is 178 Å². The number of carbonyl (C=O) groups excluding carboxylic acids is 1. The molecule has 30 heavy (non-hydrogen) atoms. The highest BCUT2D eigenvalue weighted by Gasteiger charge is 2.26. The summed E-state index contributed by atoms with van der Waals surface area (Å²) in [6.45, 7) is 13.6. The van der Waals surface area contributed by atoms with E-state index in [1.165, 1.54) is 11.3 Å². The molecule has 6 heteroatoms. The van der Waals surface area contributed by atoms with E-state index >= 15 is 0 Å². The molecule has 1 aromatic carbocycles. The van der Waals surface area contributed by atoms with Crippen LogP contribution in [-0.2, 0) is 0 Å². The maximum absolute atomic E-state index is 13.5. The largest absolute Gasteiger partial charge is 0.368 e. The van der Waals surface area contributed by atoms with Crippen molar-refractivity contribution in [3.05, 3.63) is 53.3 Å². The highest BCUT2D eigenvalue weighted by molar-refractivity contribution is 6.05. The lowest BCUT2D eigenvalue weighted by molar-refractivity contribution is 0.0748. The second kappa shape index (κ2) is 8.09. The third-order valence-corrected chi connectivity index (χ3v) is 5.83. The topological polar surface area (TPSA) is 54.3 Å². The minimum Gasteiger partial charge on any atom is -0.368 e. The van der Waals surface area contributed by atoms with Gasteiger partial charge in [-0.1, -0.05) is 26.0 Å². The molecule has 0 unspecified atom stereocenters. The van der Waals surface area contributed by atoms with E-state index in [2.05, 4.69) is 68.9 Å². The third-order valence-electron chi connectivity index (χ3n) is 5.83. The Morgan fingerprint density at radius 2 is 1.77 bits per heavy atom. The van der Waals surface area contributed by atoms with Gasteiger partial charge in [0.1, 0.15) is 0 Å². The Balaban J connectivity index is 1.60. The van der Waals surface area contributed by atoms with Crippen molar-refractivity contribution in [3.8, 4) is 0 Å². The molecule has 0 saturated carbocycles. The molecule has 0 radical (unpaired) electrons. The van der Waals surface area contributed by atoms with E-state index < -0.39 is 0 Å². The van der Waals surface area contributed by atoms with E-state index in [0.717, 1.165) is 35.4 Å². The molecule has 6 nitrogen and oxygen atoms in total. The molecular weight excluding hydrogens is 374 g/mol. The number of rotatable bonds is 4. The van der Waals surface area contributed by atoms with Gasteiger partial charge in [-0.2, -0.15) is 5.10 Å². The van der Waals surface area contributed by atoms with E-state index in [9.17, 15) is 4.79 Å². The van der Waals surface area contributed by atoms with Crippen molar-refractivity contribution in [3.63, 3.8) is 0 Å². The number of piperazine rings is 1. The van der Waals surface area contributed by atoms with Crippen molar-refractivity contribution in [1.82, 2.24) is 19.7 Å². The van der Waals surface area contributed by atoms with Gasteiger partial charge in [0.05, 0.1) is 17.1 Å². The van der Waals surface area contributed by atoms with Gasteiger partial charge in [0, 0.05) is 43.6 Å². The summed E-state index contributed by atoms with van der Waals surface area (Å²) in [4.78, 5) is 22.7. The van der Waals surface area contributed by atoms with Crippen LogP contribution in [-0.4, -0.2) is 51.8 Å². The van der Waals surface area contributed by atoms with Crippen molar-refractivity contribution in [1.29, 1.82) is 0 Å². The average molecular weight is 406 g/mol. The van der Waals surface area contributed by atoms with E-state index in [4.69, 9.17) is 4.98 Å². The molecule has 1 amide bonds. The molecule has 0 aliphatic carbocycles. The number of anilines is 1. The summed E-state index contributed by atoms with van der Waals surface area (Å²) in [6.07, 6.45) is 1.79. The predicted molar refractivity (Wildman–Crippen MR) is 121 cm³/mol. The zero-order valence-corrected chi connectivity index (χ0v) is 18.6. The fraction of sp³-hybridized carbons (Fsp3) is 0.458. The van der Waals surface area contributed by atoms with E-state index in [1.54, 1.807) is 6.20 Å². The average Bonchev–Trinajstić information content (AvgIpc) is 3.17. The van der Waals surface area contributed by atoms with Crippen LogP contribution in [0.4, 0.5) is 5.69 Å². The smallest absolute Gasteiger partial charge is 0.254 e. The van der Waals surface area contributed by atoms with Gasteiger partial charge < -0.3 is 9.80 Å². The summed E-state index contributed by atoms with van der Waals surface area (Å²) < 4.78 is 1.91. The van der Waals surface area contributed by atoms with Crippen molar-refractivity contribution in [2.24, 2.45) is 0 Å². The Morgan fingerprint density at radius 3 is 2.40 bits per heavy atom. The Bertz CT molecular complexity index is 1060. The van der Waals surface area contributed by atoms with E-state index in [-0.39, 0.29) is 17.9 Å². The van der Waals surface area contributed by atoms with Crippen LogP contribution in [0, 0.1) is 6.92 Å². The fourth-order valence-electron chi connectivity index (χ4n) is 4.05.